The SMILES string of the molecule is Cc1cccc(C(=O)c2cc3cc(Cl)ccc3[nH]2)n1. The summed E-state index contributed by atoms with van der Waals surface area (Å²) in [5.74, 6) is -0.115. The van der Waals surface area contributed by atoms with Gasteiger partial charge in [-0.05, 0) is 43.3 Å². The van der Waals surface area contributed by atoms with Crippen LogP contribution in [0.2, 0.25) is 5.02 Å². The van der Waals surface area contributed by atoms with Gasteiger partial charge in [-0.2, -0.15) is 0 Å². The molecule has 94 valence electrons. The number of H-pyrrole nitrogens is 1. The van der Waals surface area contributed by atoms with Crippen molar-refractivity contribution in [2.24, 2.45) is 0 Å². The predicted molar refractivity (Wildman–Crippen MR) is 75.7 cm³/mol. The summed E-state index contributed by atoms with van der Waals surface area (Å²) in [7, 11) is 0. The van der Waals surface area contributed by atoms with E-state index < -0.39 is 0 Å². The first-order chi connectivity index (χ1) is 9.13. The smallest absolute Gasteiger partial charge is 0.227 e. The molecule has 2 aromatic heterocycles. The van der Waals surface area contributed by atoms with E-state index in [9.17, 15) is 4.79 Å². The molecule has 3 nitrogen and oxygen atoms in total. The van der Waals surface area contributed by atoms with Crippen LogP contribution in [0.5, 0.6) is 0 Å². The van der Waals surface area contributed by atoms with Crippen molar-refractivity contribution < 1.29 is 4.79 Å². The topological polar surface area (TPSA) is 45.8 Å². The molecule has 0 unspecified atom stereocenters. The van der Waals surface area contributed by atoms with Crippen molar-refractivity contribution in [1.82, 2.24) is 9.97 Å². The number of pyridine rings is 1. The Morgan fingerprint density at radius 1 is 1.21 bits per heavy atom. The first-order valence-electron chi connectivity index (χ1n) is 5.90. The molecule has 0 spiro atoms. The van der Waals surface area contributed by atoms with Crippen LogP contribution in [0, 0.1) is 6.92 Å². The van der Waals surface area contributed by atoms with Gasteiger partial charge >= 0.3 is 0 Å². The van der Waals surface area contributed by atoms with Gasteiger partial charge in [0.15, 0.2) is 0 Å². The zero-order valence-corrected chi connectivity index (χ0v) is 11.0. The highest BCUT2D eigenvalue weighted by molar-refractivity contribution is 6.31. The minimum atomic E-state index is -0.115. The van der Waals surface area contributed by atoms with Gasteiger partial charge in [-0.3, -0.25) is 4.79 Å². The summed E-state index contributed by atoms with van der Waals surface area (Å²) in [6, 6.07) is 12.7. The van der Waals surface area contributed by atoms with Crippen LogP contribution in [-0.4, -0.2) is 15.8 Å². The molecule has 0 fully saturated rings. The first kappa shape index (κ1) is 11.9. The van der Waals surface area contributed by atoms with Gasteiger partial charge < -0.3 is 4.98 Å². The van der Waals surface area contributed by atoms with Crippen molar-refractivity contribution in [2.75, 3.05) is 0 Å². The standard InChI is InChI=1S/C15H11ClN2O/c1-9-3-2-4-13(17-9)15(19)14-8-10-7-11(16)5-6-12(10)18-14/h2-8,18H,1H3. The third-order valence-electron chi connectivity index (χ3n) is 2.95. The summed E-state index contributed by atoms with van der Waals surface area (Å²) < 4.78 is 0. The number of hydrogen-bond donors (Lipinski definition) is 1. The molecule has 1 N–H and O–H groups in total. The molecule has 0 amide bonds. The average Bonchev–Trinajstić information content (AvgIpc) is 2.80. The van der Waals surface area contributed by atoms with Gasteiger partial charge in [0.1, 0.15) is 5.69 Å². The maximum Gasteiger partial charge on any atom is 0.227 e. The maximum atomic E-state index is 12.3. The van der Waals surface area contributed by atoms with Crippen molar-refractivity contribution >= 4 is 28.3 Å². The van der Waals surface area contributed by atoms with E-state index >= 15 is 0 Å². The molecule has 0 saturated heterocycles. The van der Waals surface area contributed by atoms with E-state index in [4.69, 9.17) is 11.6 Å². The quantitative estimate of drug-likeness (QED) is 0.721. The average molecular weight is 271 g/mol. The largest absolute Gasteiger partial charge is 0.352 e. The number of aryl methyl sites for hydroxylation is 1. The molecular weight excluding hydrogens is 260 g/mol. The van der Waals surface area contributed by atoms with Crippen LogP contribution in [0.4, 0.5) is 0 Å². The Hall–Kier alpha value is -2.13. The van der Waals surface area contributed by atoms with Gasteiger partial charge in [0.25, 0.3) is 0 Å². The van der Waals surface area contributed by atoms with Crippen molar-refractivity contribution in [3.05, 3.63) is 64.6 Å². The Labute approximate surface area is 115 Å². The van der Waals surface area contributed by atoms with E-state index in [0.29, 0.717) is 16.4 Å². The Morgan fingerprint density at radius 3 is 2.84 bits per heavy atom. The third-order valence-corrected chi connectivity index (χ3v) is 3.18. The third kappa shape index (κ3) is 2.25. The molecule has 2 heterocycles. The van der Waals surface area contributed by atoms with E-state index in [1.54, 1.807) is 18.2 Å². The van der Waals surface area contributed by atoms with Crippen molar-refractivity contribution in [3.8, 4) is 0 Å². The number of aromatic amines is 1. The number of rotatable bonds is 2. The molecule has 0 aliphatic carbocycles. The molecule has 0 saturated carbocycles. The van der Waals surface area contributed by atoms with E-state index in [1.807, 2.05) is 31.2 Å². The minimum Gasteiger partial charge on any atom is -0.352 e. The second kappa shape index (κ2) is 4.52. The summed E-state index contributed by atoms with van der Waals surface area (Å²) in [6.45, 7) is 1.86. The summed E-state index contributed by atoms with van der Waals surface area (Å²) in [6.07, 6.45) is 0. The van der Waals surface area contributed by atoms with Gasteiger partial charge in [-0.1, -0.05) is 17.7 Å². The number of ketones is 1. The van der Waals surface area contributed by atoms with E-state index in [1.165, 1.54) is 0 Å². The van der Waals surface area contributed by atoms with E-state index in [2.05, 4.69) is 9.97 Å². The summed E-state index contributed by atoms with van der Waals surface area (Å²) in [5, 5.41) is 1.57. The van der Waals surface area contributed by atoms with Crippen LogP contribution in [-0.2, 0) is 0 Å². The highest BCUT2D eigenvalue weighted by atomic mass is 35.5. The fraction of sp³-hybridized carbons (Fsp3) is 0.0667. The second-order valence-corrected chi connectivity index (χ2v) is 4.84. The number of nitrogens with one attached hydrogen (secondary N) is 1. The van der Waals surface area contributed by atoms with Gasteiger partial charge in [0, 0.05) is 21.6 Å². The molecule has 19 heavy (non-hydrogen) atoms. The molecule has 1 aromatic carbocycles. The number of fused-ring (bicyclic) bond motifs is 1. The van der Waals surface area contributed by atoms with Crippen LogP contribution in [0.1, 0.15) is 21.9 Å². The maximum absolute atomic E-state index is 12.3. The number of hydrogen-bond acceptors (Lipinski definition) is 2. The van der Waals surface area contributed by atoms with Gasteiger partial charge in [-0.15, -0.1) is 0 Å². The normalized spacial score (nSPS) is 10.8. The first-order valence-corrected chi connectivity index (χ1v) is 6.28. The van der Waals surface area contributed by atoms with Crippen molar-refractivity contribution in [3.63, 3.8) is 0 Å². The number of carbonyl (C=O) groups excluding carboxylic acids is 1. The molecule has 0 aliphatic heterocycles. The number of benzene rings is 1. The van der Waals surface area contributed by atoms with E-state index in [-0.39, 0.29) is 5.78 Å². The van der Waals surface area contributed by atoms with Gasteiger partial charge in [0.2, 0.25) is 5.78 Å². The number of carbonyl (C=O) groups is 1. The molecule has 4 heteroatoms. The van der Waals surface area contributed by atoms with Crippen molar-refractivity contribution in [2.45, 2.75) is 6.92 Å². The van der Waals surface area contributed by atoms with Crippen molar-refractivity contribution in [1.29, 1.82) is 0 Å². The summed E-state index contributed by atoms with van der Waals surface area (Å²) in [4.78, 5) is 19.7. The van der Waals surface area contributed by atoms with Crippen LogP contribution in [0.3, 0.4) is 0 Å². The molecule has 3 aromatic rings. The Morgan fingerprint density at radius 2 is 2.05 bits per heavy atom. The van der Waals surface area contributed by atoms with Crippen LogP contribution in [0.25, 0.3) is 10.9 Å². The monoisotopic (exact) mass is 270 g/mol. The molecule has 3 rings (SSSR count). The highest BCUT2D eigenvalue weighted by Crippen LogP contribution is 2.21. The zero-order valence-electron chi connectivity index (χ0n) is 10.3. The Bertz CT molecular complexity index is 777. The molecular formula is C15H11ClN2O. The minimum absolute atomic E-state index is 0.115. The lowest BCUT2D eigenvalue weighted by Gasteiger charge is -1.98. The second-order valence-electron chi connectivity index (χ2n) is 4.41. The Kier molecular flexibility index (Phi) is 2.84. The number of halogens is 1. The summed E-state index contributed by atoms with van der Waals surface area (Å²) in [5.41, 5.74) is 2.68. The number of nitrogens with zero attached hydrogens (tertiary/aromatic N) is 1. The molecule has 0 atom stereocenters. The van der Waals surface area contributed by atoms with Crippen LogP contribution in [0.15, 0.2) is 42.5 Å². The lowest BCUT2D eigenvalue weighted by atomic mass is 10.2. The number of aromatic nitrogens is 2. The fourth-order valence-electron chi connectivity index (χ4n) is 2.03. The molecule has 0 bridgehead atoms. The van der Waals surface area contributed by atoms with E-state index in [0.717, 1.165) is 16.6 Å². The summed E-state index contributed by atoms with van der Waals surface area (Å²) >= 11 is 5.93. The van der Waals surface area contributed by atoms with Gasteiger partial charge in [-0.25, -0.2) is 4.98 Å². The van der Waals surface area contributed by atoms with Gasteiger partial charge in [0.05, 0.1) is 5.69 Å². The molecule has 0 aliphatic rings. The fourth-order valence-corrected chi connectivity index (χ4v) is 2.21. The zero-order chi connectivity index (χ0) is 13.4. The highest BCUT2D eigenvalue weighted by Gasteiger charge is 2.13. The predicted octanol–water partition coefficient (Wildman–Crippen LogP) is 3.76. The van der Waals surface area contributed by atoms with Crippen LogP contribution < -0.4 is 0 Å². The molecule has 0 radical (unpaired) electrons. The lowest BCUT2D eigenvalue weighted by molar-refractivity contribution is 0.103. The van der Waals surface area contributed by atoms with Crippen LogP contribution >= 0.6 is 11.6 Å². The lowest BCUT2D eigenvalue weighted by Crippen LogP contribution is -2.04. The Balaban J connectivity index is 2.06.